The lowest BCUT2D eigenvalue weighted by atomic mass is 10.1. The lowest BCUT2D eigenvalue weighted by molar-refractivity contribution is 0.102. The summed E-state index contributed by atoms with van der Waals surface area (Å²) < 4.78 is 17.1. The molecule has 0 aliphatic carbocycles. The molecule has 5 nitrogen and oxygen atoms in total. The SMILES string of the molecule is COCCOc1cccc(NC(=O)c2ccc(OCCc3ccccc3)c(Br)c2)c1. The molecule has 0 saturated carbocycles. The van der Waals surface area contributed by atoms with E-state index in [4.69, 9.17) is 14.2 Å². The van der Waals surface area contributed by atoms with Gasteiger partial charge in [0.25, 0.3) is 5.91 Å². The average Bonchev–Trinajstić information content (AvgIpc) is 2.76. The number of halogens is 1. The maximum Gasteiger partial charge on any atom is 0.255 e. The minimum absolute atomic E-state index is 0.208. The lowest BCUT2D eigenvalue weighted by Crippen LogP contribution is -2.12. The molecule has 0 spiro atoms. The van der Waals surface area contributed by atoms with Crippen molar-refractivity contribution in [3.8, 4) is 11.5 Å². The van der Waals surface area contributed by atoms with Crippen molar-refractivity contribution in [2.45, 2.75) is 6.42 Å². The number of anilines is 1. The summed E-state index contributed by atoms with van der Waals surface area (Å²) in [5.41, 5.74) is 2.41. The van der Waals surface area contributed by atoms with Gasteiger partial charge in [-0.3, -0.25) is 4.79 Å². The fourth-order valence-electron chi connectivity index (χ4n) is 2.79. The highest BCUT2D eigenvalue weighted by molar-refractivity contribution is 9.10. The molecule has 6 heteroatoms. The van der Waals surface area contributed by atoms with Gasteiger partial charge in [0, 0.05) is 30.8 Å². The van der Waals surface area contributed by atoms with Gasteiger partial charge in [0.1, 0.15) is 18.1 Å². The first-order valence-corrected chi connectivity index (χ1v) is 10.4. The monoisotopic (exact) mass is 469 g/mol. The Bertz CT molecular complexity index is 962. The summed E-state index contributed by atoms with van der Waals surface area (Å²) in [6.07, 6.45) is 0.818. The van der Waals surface area contributed by atoms with Crippen LogP contribution >= 0.6 is 15.9 Å². The average molecular weight is 470 g/mol. The third kappa shape index (κ3) is 6.61. The minimum atomic E-state index is -0.208. The van der Waals surface area contributed by atoms with Crippen LogP contribution in [0.15, 0.2) is 77.3 Å². The van der Waals surface area contributed by atoms with Crippen LogP contribution in [0.3, 0.4) is 0 Å². The summed E-state index contributed by atoms with van der Waals surface area (Å²) >= 11 is 3.50. The summed E-state index contributed by atoms with van der Waals surface area (Å²) in [7, 11) is 1.62. The molecule has 0 radical (unpaired) electrons. The number of hydrogen-bond acceptors (Lipinski definition) is 4. The number of rotatable bonds is 10. The highest BCUT2D eigenvalue weighted by Gasteiger charge is 2.10. The predicted octanol–water partition coefficient (Wildman–Crippen LogP) is 5.35. The number of benzene rings is 3. The molecule has 3 rings (SSSR count). The first-order chi connectivity index (χ1) is 14.7. The van der Waals surface area contributed by atoms with Gasteiger partial charge in [-0.15, -0.1) is 0 Å². The van der Waals surface area contributed by atoms with Crippen LogP contribution in [0.25, 0.3) is 0 Å². The highest BCUT2D eigenvalue weighted by Crippen LogP contribution is 2.27. The van der Waals surface area contributed by atoms with Crippen molar-refractivity contribution < 1.29 is 19.0 Å². The lowest BCUT2D eigenvalue weighted by Gasteiger charge is -2.11. The van der Waals surface area contributed by atoms with Crippen LogP contribution in [-0.4, -0.2) is 32.8 Å². The van der Waals surface area contributed by atoms with Gasteiger partial charge in [0.15, 0.2) is 0 Å². The van der Waals surface area contributed by atoms with E-state index in [9.17, 15) is 4.79 Å². The Morgan fingerprint density at radius 2 is 1.73 bits per heavy atom. The molecule has 0 unspecified atom stereocenters. The van der Waals surface area contributed by atoms with Crippen LogP contribution in [0.2, 0.25) is 0 Å². The van der Waals surface area contributed by atoms with E-state index in [1.165, 1.54) is 5.56 Å². The summed E-state index contributed by atoms with van der Waals surface area (Å²) in [6.45, 7) is 1.51. The second-order valence-corrected chi connectivity index (χ2v) is 7.41. The zero-order valence-electron chi connectivity index (χ0n) is 16.8. The largest absolute Gasteiger partial charge is 0.492 e. The van der Waals surface area contributed by atoms with Crippen LogP contribution in [-0.2, 0) is 11.2 Å². The molecule has 1 N–H and O–H groups in total. The van der Waals surface area contributed by atoms with Crippen molar-refractivity contribution in [3.63, 3.8) is 0 Å². The Balaban J connectivity index is 1.56. The van der Waals surface area contributed by atoms with Crippen LogP contribution in [0, 0.1) is 0 Å². The first-order valence-electron chi connectivity index (χ1n) is 9.65. The van der Waals surface area contributed by atoms with Gasteiger partial charge in [-0.05, 0) is 51.8 Å². The highest BCUT2D eigenvalue weighted by atomic mass is 79.9. The molecule has 0 aliphatic heterocycles. The molecule has 3 aromatic rings. The predicted molar refractivity (Wildman–Crippen MR) is 122 cm³/mol. The van der Waals surface area contributed by atoms with E-state index >= 15 is 0 Å². The van der Waals surface area contributed by atoms with Gasteiger partial charge >= 0.3 is 0 Å². The number of nitrogens with one attached hydrogen (secondary N) is 1. The Kier molecular flexibility index (Phi) is 8.30. The van der Waals surface area contributed by atoms with Crippen LogP contribution in [0.5, 0.6) is 11.5 Å². The molecule has 0 fully saturated rings. The summed E-state index contributed by atoms with van der Waals surface area (Å²) in [4.78, 5) is 12.6. The second kappa shape index (κ2) is 11.4. The van der Waals surface area contributed by atoms with E-state index in [2.05, 4.69) is 33.4 Å². The standard InChI is InChI=1S/C24H24BrNO4/c1-28-14-15-29-21-9-5-8-20(17-21)26-24(27)19-10-11-23(22(25)16-19)30-13-12-18-6-3-2-4-7-18/h2-11,16-17H,12-15H2,1H3,(H,26,27). The van der Waals surface area contributed by atoms with Crippen LogP contribution < -0.4 is 14.8 Å². The zero-order valence-corrected chi connectivity index (χ0v) is 18.4. The first kappa shape index (κ1) is 21.9. The topological polar surface area (TPSA) is 56.8 Å². The molecule has 0 saturated heterocycles. The van der Waals surface area contributed by atoms with E-state index in [1.54, 1.807) is 31.4 Å². The van der Waals surface area contributed by atoms with Crippen LogP contribution in [0.4, 0.5) is 5.69 Å². The van der Waals surface area contributed by atoms with Gasteiger partial charge in [-0.1, -0.05) is 36.4 Å². The quantitative estimate of drug-likeness (QED) is 0.406. The van der Waals surface area contributed by atoms with Crippen LogP contribution in [0.1, 0.15) is 15.9 Å². The number of ether oxygens (including phenoxy) is 3. The third-order valence-electron chi connectivity index (χ3n) is 4.33. The summed E-state index contributed by atoms with van der Waals surface area (Å²) in [5, 5.41) is 2.89. The van der Waals surface area contributed by atoms with Crippen molar-refractivity contribution in [2.75, 3.05) is 32.2 Å². The molecule has 1 amide bonds. The maximum absolute atomic E-state index is 12.6. The molecule has 30 heavy (non-hydrogen) atoms. The van der Waals surface area contributed by atoms with E-state index in [1.807, 2.05) is 36.4 Å². The van der Waals surface area contributed by atoms with Gasteiger partial charge < -0.3 is 19.5 Å². The fourth-order valence-corrected chi connectivity index (χ4v) is 3.29. The fraction of sp³-hybridized carbons (Fsp3) is 0.208. The Morgan fingerprint density at radius 3 is 2.50 bits per heavy atom. The van der Waals surface area contributed by atoms with Crippen molar-refractivity contribution in [3.05, 3.63) is 88.4 Å². The molecule has 0 atom stereocenters. The van der Waals surface area contributed by atoms with Crippen molar-refractivity contribution >= 4 is 27.5 Å². The molecule has 0 bridgehead atoms. The van der Waals surface area contributed by atoms with Gasteiger partial charge in [0.05, 0.1) is 17.7 Å². The summed E-state index contributed by atoms with van der Waals surface area (Å²) in [6, 6.07) is 22.7. The number of methoxy groups -OCH3 is 1. The molecule has 0 aromatic heterocycles. The van der Waals surface area contributed by atoms with Gasteiger partial charge in [-0.2, -0.15) is 0 Å². The van der Waals surface area contributed by atoms with E-state index in [-0.39, 0.29) is 5.91 Å². The Hall–Kier alpha value is -2.83. The Morgan fingerprint density at radius 1 is 0.900 bits per heavy atom. The van der Waals surface area contributed by atoms with Gasteiger partial charge in [0.2, 0.25) is 0 Å². The molecule has 0 heterocycles. The molecule has 0 aliphatic rings. The molecule has 156 valence electrons. The second-order valence-electron chi connectivity index (χ2n) is 6.55. The van der Waals surface area contributed by atoms with Crippen molar-refractivity contribution in [1.29, 1.82) is 0 Å². The van der Waals surface area contributed by atoms with E-state index in [0.717, 1.165) is 10.9 Å². The van der Waals surface area contributed by atoms with Crippen molar-refractivity contribution in [2.24, 2.45) is 0 Å². The smallest absolute Gasteiger partial charge is 0.255 e. The van der Waals surface area contributed by atoms with E-state index in [0.29, 0.717) is 42.6 Å². The minimum Gasteiger partial charge on any atom is -0.492 e. The molecular weight excluding hydrogens is 446 g/mol. The Labute approximate surface area is 185 Å². The third-order valence-corrected chi connectivity index (χ3v) is 4.95. The number of carbonyl (C=O) groups is 1. The molecule has 3 aromatic carbocycles. The van der Waals surface area contributed by atoms with Gasteiger partial charge in [-0.25, -0.2) is 0 Å². The van der Waals surface area contributed by atoms with E-state index < -0.39 is 0 Å². The summed E-state index contributed by atoms with van der Waals surface area (Å²) in [5.74, 6) is 1.17. The van der Waals surface area contributed by atoms with Crippen molar-refractivity contribution in [1.82, 2.24) is 0 Å². The number of carbonyl (C=O) groups excluding carboxylic acids is 1. The number of hydrogen-bond donors (Lipinski definition) is 1. The molecular formula is C24H24BrNO4. The maximum atomic E-state index is 12.6. The normalized spacial score (nSPS) is 10.5. The number of amides is 1. The zero-order chi connectivity index (χ0) is 21.2.